The summed E-state index contributed by atoms with van der Waals surface area (Å²) in [6.07, 6.45) is 1.72. The Balaban J connectivity index is 2.34. The number of hydrogen-bond donors (Lipinski definition) is 3. The molecule has 4 nitrogen and oxygen atoms in total. The Bertz CT molecular complexity index is 225. The number of carbonyl (C=O) groups excluding carboxylic acids is 1. The van der Waals surface area contributed by atoms with Crippen LogP contribution in [0.4, 0.5) is 4.79 Å². The maximum atomic E-state index is 11.2. The predicted molar refractivity (Wildman–Crippen MR) is 59.6 cm³/mol. The van der Waals surface area contributed by atoms with Crippen LogP contribution in [0.25, 0.3) is 0 Å². The molecule has 15 heavy (non-hydrogen) atoms. The van der Waals surface area contributed by atoms with E-state index < -0.39 is 0 Å². The largest absolute Gasteiger partial charge is 0.392 e. The fraction of sp³-hybridized carbons (Fsp3) is 0.909. The lowest BCUT2D eigenvalue weighted by molar-refractivity contribution is 0.0515. The molecular formula is C11H22N2O2. The Hall–Kier alpha value is -0.770. The molecule has 1 aliphatic rings. The molecule has 0 aliphatic heterocycles. The van der Waals surface area contributed by atoms with Crippen LogP contribution in [0.2, 0.25) is 0 Å². The summed E-state index contributed by atoms with van der Waals surface area (Å²) >= 11 is 0. The average molecular weight is 214 g/mol. The van der Waals surface area contributed by atoms with Crippen LogP contribution in [0, 0.1) is 11.3 Å². The maximum absolute atomic E-state index is 11.2. The topological polar surface area (TPSA) is 61.4 Å². The number of nitrogens with one attached hydrogen (secondary N) is 2. The van der Waals surface area contributed by atoms with Gasteiger partial charge in [0.1, 0.15) is 0 Å². The van der Waals surface area contributed by atoms with Crippen molar-refractivity contribution >= 4 is 6.03 Å². The second-order valence-corrected chi connectivity index (χ2v) is 4.76. The lowest BCUT2D eigenvalue weighted by Gasteiger charge is -2.25. The molecule has 1 aliphatic carbocycles. The van der Waals surface area contributed by atoms with E-state index >= 15 is 0 Å². The minimum Gasteiger partial charge on any atom is -0.392 e. The molecule has 88 valence electrons. The highest BCUT2D eigenvalue weighted by Crippen LogP contribution is 2.50. The first kappa shape index (κ1) is 12.3. The molecule has 0 radical (unpaired) electrons. The van der Waals surface area contributed by atoms with E-state index in [9.17, 15) is 9.90 Å². The normalized spacial score (nSPS) is 19.8. The van der Waals surface area contributed by atoms with Crippen molar-refractivity contribution in [1.82, 2.24) is 10.6 Å². The minimum absolute atomic E-state index is 0.0563. The molecular weight excluding hydrogens is 192 g/mol. The van der Waals surface area contributed by atoms with Crippen LogP contribution < -0.4 is 10.6 Å². The first-order valence-corrected chi connectivity index (χ1v) is 5.71. The lowest BCUT2D eigenvalue weighted by atomic mass is 9.90. The zero-order chi connectivity index (χ0) is 11.5. The fourth-order valence-electron chi connectivity index (χ4n) is 1.92. The van der Waals surface area contributed by atoms with E-state index in [1.807, 2.05) is 20.8 Å². The fourth-order valence-corrected chi connectivity index (χ4v) is 1.92. The second kappa shape index (κ2) is 4.84. The van der Waals surface area contributed by atoms with Crippen LogP contribution >= 0.6 is 0 Å². The third kappa shape index (κ3) is 3.09. The Morgan fingerprint density at radius 3 is 2.40 bits per heavy atom. The molecule has 0 spiro atoms. The van der Waals surface area contributed by atoms with Gasteiger partial charge in [0.05, 0.1) is 6.10 Å². The highest BCUT2D eigenvalue weighted by Gasteiger charge is 2.49. The van der Waals surface area contributed by atoms with Crippen molar-refractivity contribution in [3.05, 3.63) is 0 Å². The van der Waals surface area contributed by atoms with E-state index in [2.05, 4.69) is 10.6 Å². The van der Waals surface area contributed by atoms with Crippen molar-refractivity contribution in [1.29, 1.82) is 0 Å². The standard InChI is InChI=1S/C11H22N2O2/c1-4-12-10(15)13-7-11(5-6-11)9(14)8(2)3/h8-9,14H,4-7H2,1-3H3,(H2,12,13,15). The molecule has 2 amide bonds. The SMILES string of the molecule is CCNC(=O)NCC1(C(O)C(C)C)CC1. The number of urea groups is 1. The van der Waals surface area contributed by atoms with Gasteiger partial charge in [-0.3, -0.25) is 0 Å². The molecule has 1 fully saturated rings. The molecule has 0 heterocycles. The van der Waals surface area contributed by atoms with E-state index in [4.69, 9.17) is 0 Å². The molecule has 4 heteroatoms. The van der Waals surface area contributed by atoms with Gasteiger partial charge < -0.3 is 15.7 Å². The molecule has 0 saturated heterocycles. The first-order chi connectivity index (χ1) is 7.02. The van der Waals surface area contributed by atoms with E-state index in [-0.39, 0.29) is 23.5 Å². The predicted octanol–water partition coefficient (Wildman–Crippen LogP) is 1.10. The highest BCUT2D eigenvalue weighted by atomic mass is 16.3. The van der Waals surface area contributed by atoms with E-state index in [1.165, 1.54) is 0 Å². The molecule has 1 unspecified atom stereocenters. The Kier molecular flexibility index (Phi) is 3.97. The van der Waals surface area contributed by atoms with Crippen LogP contribution in [0.5, 0.6) is 0 Å². The average Bonchev–Trinajstić information content (AvgIpc) is 2.95. The van der Waals surface area contributed by atoms with E-state index in [0.717, 1.165) is 12.8 Å². The van der Waals surface area contributed by atoms with Crippen molar-refractivity contribution in [2.45, 2.75) is 39.7 Å². The summed E-state index contributed by atoms with van der Waals surface area (Å²) in [4.78, 5) is 11.2. The molecule has 3 N–H and O–H groups in total. The van der Waals surface area contributed by atoms with Gasteiger partial charge >= 0.3 is 6.03 Å². The number of aliphatic hydroxyl groups is 1. The zero-order valence-electron chi connectivity index (χ0n) is 9.84. The van der Waals surface area contributed by atoms with Gasteiger partial charge in [0.2, 0.25) is 0 Å². The van der Waals surface area contributed by atoms with Gasteiger partial charge in [0, 0.05) is 18.5 Å². The van der Waals surface area contributed by atoms with Crippen molar-refractivity contribution in [3.8, 4) is 0 Å². The quantitative estimate of drug-likeness (QED) is 0.642. The summed E-state index contributed by atoms with van der Waals surface area (Å²) in [6.45, 7) is 7.12. The summed E-state index contributed by atoms with van der Waals surface area (Å²) in [5.74, 6) is 0.253. The van der Waals surface area contributed by atoms with Crippen LogP contribution in [0.1, 0.15) is 33.6 Å². The van der Waals surface area contributed by atoms with Crippen LogP contribution in [0.3, 0.4) is 0 Å². The van der Waals surface area contributed by atoms with E-state index in [1.54, 1.807) is 0 Å². The molecule has 0 aromatic carbocycles. The van der Waals surface area contributed by atoms with Gasteiger partial charge in [-0.15, -0.1) is 0 Å². The first-order valence-electron chi connectivity index (χ1n) is 5.71. The van der Waals surface area contributed by atoms with Crippen molar-refractivity contribution < 1.29 is 9.90 Å². The monoisotopic (exact) mass is 214 g/mol. The van der Waals surface area contributed by atoms with Crippen molar-refractivity contribution in [3.63, 3.8) is 0 Å². The number of amides is 2. The van der Waals surface area contributed by atoms with Crippen molar-refractivity contribution in [2.24, 2.45) is 11.3 Å². The van der Waals surface area contributed by atoms with Gasteiger partial charge in [-0.2, -0.15) is 0 Å². The molecule has 0 aromatic rings. The van der Waals surface area contributed by atoms with Crippen LogP contribution in [0.15, 0.2) is 0 Å². The molecule has 0 bridgehead atoms. The Morgan fingerprint density at radius 1 is 1.40 bits per heavy atom. The Labute approximate surface area is 91.4 Å². The maximum Gasteiger partial charge on any atom is 0.314 e. The molecule has 0 aromatic heterocycles. The number of hydrogen-bond acceptors (Lipinski definition) is 2. The smallest absolute Gasteiger partial charge is 0.314 e. The summed E-state index contributed by atoms with van der Waals surface area (Å²) < 4.78 is 0. The third-order valence-electron chi connectivity index (χ3n) is 3.09. The molecule has 1 rings (SSSR count). The molecule has 1 atom stereocenters. The summed E-state index contributed by atoms with van der Waals surface area (Å²) in [5.41, 5.74) is -0.0563. The summed E-state index contributed by atoms with van der Waals surface area (Å²) in [5, 5.41) is 15.5. The van der Waals surface area contributed by atoms with Gasteiger partial charge in [-0.25, -0.2) is 4.79 Å². The minimum atomic E-state index is -0.306. The van der Waals surface area contributed by atoms with Crippen LogP contribution in [-0.2, 0) is 0 Å². The summed E-state index contributed by atoms with van der Waals surface area (Å²) in [6, 6.07) is -0.139. The summed E-state index contributed by atoms with van der Waals surface area (Å²) in [7, 11) is 0. The van der Waals surface area contributed by atoms with Crippen molar-refractivity contribution in [2.75, 3.05) is 13.1 Å². The molecule has 1 saturated carbocycles. The van der Waals surface area contributed by atoms with Gasteiger partial charge in [-0.1, -0.05) is 13.8 Å². The van der Waals surface area contributed by atoms with Gasteiger partial charge in [0.15, 0.2) is 0 Å². The lowest BCUT2D eigenvalue weighted by Crippen LogP contribution is -2.42. The second-order valence-electron chi connectivity index (χ2n) is 4.76. The van der Waals surface area contributed by atoms with Crippen LogP contribution in [-0.4, -0.2) is 30.3 Å². The van der Waals surface area contributed by atoms with Gasteiger partial charge in [0.25, 0.3) is 0 Å². The number of rotatable bonds is 5. The zero-order valence-corrected chi connectivity index (χ0v) is 9.84. The van der Waals surface area contributed by atoms with Gasteiger partial charge in [-0.05, 0) is 25.7 Å². The van der Waals surface area contributed by atoms with E-state index in [0.29, 0.717) is 13.1 Å². The third-order valence-corrected chi connectivity index (χ3v) is 3.09. The highest BCUT2D eigenvalue weighted by molar-refractivity contribution is 5.73. The number of carbonyl (C=O) groups is 1. The Morgan fingerprint density at radius 2 is 2.00 bits per heavy atom. The number of aliphatic hydroxyl groups excluding tert-OH is 1.